The third-order valence-electron chi connectivity index (χ3n) is 7.75. The first-order valence-corrected chi connectivity index (χ1v) is 13.2. The maximum Gasteiger partial charge on any atom is 0.328 e. The quantitative estimate of drug-likeness (QED) is 0.216. The van der Waals surface area contributed by atoms with E-state index in [0.29, 0.717) is 23.1 Å². The first kappa shape index (κ1) is 27.1. The standard InChI is InChI=1S/C22H23NO3.C10H10O4/c1-25-21-10-18-16-8-13-4-3-7-23(13)12-20(16)15-6-5-14(24)9-17(15)19(18)11-22(21)26-2;1-14-9-6-7(2-4-8(9)11)3-5-10(12)13/h5-6,9-11,13,24H,3-4,7-8,12H2,1-2H3;2-6,11H,1H3,(H,12,13)/b;5-3+/t13-;/m0./s1. The third kappa shape index (κ3) is 5.22. The van der Waals surface area contributed by atoms with E-state index in [2.05, 4.69) is 23.1 Å². The van der Waals surface area contributed by atoms with Crippen LogP contribution in [0.1, 0.15) is 29.5 Å². The summed E-state index contributed by atoms with van der Waals surface area (Å²) < 4.78 is 16.0. The van der Waals surface area contributed by atoms with Crippen molar-refractivity contribution in [2.45, 2.75) is 31.8 Å². The number of fused-ring (bicyclic) bond motifs is 7. The Hall–Kier alpha value is -4.43. The van der Waals surface area contributed by atoms with Gasteiger partial charge in [-0.1, -0.05) is 12.1 Å². The number of hydrogen-bond acceptors (Lipinski definition) is 7. The maximum atomic E-state index is 10.2. The van der Waals surface area contributed by atoms with E-state index in [4.69, 9.17) is 19.3 Å². The van der Waals surface area contributed by atoms with Gasteiger partial charge in [-0.05, 0) is 107 Å². The van der Waals surface area contributed by atoms with Crippen molar-refractivity contribution in [2.75, 3.05) is 27.9 Å². The smallest absolute Gasteiger partial charge is 0.328 e. The molecule has 2 heterocycles. The average molecular weight is 544 g/mol. The lowest BCUT2D eigenvalue weighted by atomic mass is 9.85. The molecular weight excluding hydrogens is 510 g/mol. The first-order chi connectivity index (χ1) is 19.3. The molecule has 6 rings (SSSR count). The molecule has 0 unspecified atom stereocenters. The normalized spacial score (nSPS) is 16.3. The summed E-state index contributed by atoms with van der Waals surface area (Å²) >= 11 is 0. The summed E-state index contributed by atoms with van der Waals surface area (Å²) in [5, 5.41) is 32.4. The van der Waals surface area contributed by atoms with Crippen LogP contribution in [0, 0.1) is 0 Å². The van der Waals surface area contributed by atoms with Crippen LogP contribution in [0.5, 0.6) is 28.7 Å². The van der Waals surface area contributed by atoms with Crippen LogP contribution < -0.4 is 14.2 Å². The number of phenols is 2. The van der Waals surface area contributed by atoms with E-state index in [1.165, 1.54) is 60.5 Å². The second-order valence-corrected chi connectivity index (χ2v) is 10.0. The number of phenolic OH excluding ortho intramolecular Hbond substituents is 2. The van der Waals surface area contributed by atoms with Crippen molar-refractivity contribution < 1.29 is 34.3 Å². The van der Waals surface area contributed by atoms with E-state index in [0.717, 1.165) is 41.3 Å². The average Bonchev–Trinajstić information content (AvgIpc) is 3.43. The minimum atomic E-state index is -1.02. The number of carbonyl (C=O) groups is 1. The lowest BCUT2D eigenvalue weighted by Gasteiger charge is -2.33. The molecule has 40 heavy (non-hydrogen) atoms. The number of carboxylic acids is 1. The number of aliphatic carboxylic acids is 1. The van der Waals surface area contributed by atoms with Gasteiger partial charge in [0.2, 0.25) is 0 Å². The van der Waals surface area contributed by atoms with Crippen LogP contribution in [0.4, 0.5) is 0 Å². The van der Waals surface area contributed by atoms with Gasteiger partial charge in [-0.15, -0.1) is 0 Å². The second-order valence-electron chi connectivity index (χ2n) is 10.0. The second kappa shape index (κ2) is 11.4. The van der Waals surface area contributed by atoms with Crippen LogP contribution in [-0.4, -0.2) is 60.1 Å². The fourth-order valence-electron chi connectivity index (χ4n) is 5.85. The van der Waals surface area contributed by atoms with E-state index < -0.39 is 5.97 Å². The molecule has 8 nitrogen and oxygen atoms in total. The highest BCUT2D eigenvalue weighted by Crippen LogP contribution is 2.44. The highest BCUT2D eigenvalue weighted by atomic mass is 16.5. The van der Waals surface area contributed by atoms with Crippen LogP contribution in [0.25, 0.3) is 27.6 Å². The molecule has 1 fully saturated rings. The van der Waals surface area contributed by atoms with Gasteiger partial charge in [0, 0.05) is 18.7 Å². The molecule has 2 aliphatic heterocycles. The third-order valence-corrected chi connectivity index (χ3v) is 7.75. The van der Waals surface area contributed by atoms with Crippen LogP contribution >= 0.6 is 0 Å². The molecule has 4 aromatic carbocycles. The van der Waals surface area contributed by atoms with Crippen LogP contribution in [0.15, 0.2) is 54.6 Å². The summed E-state index contributed by atoms with van der Waals surface area (Å²) in [4.78, 5) is 12.8. The highest BCUT2D eigenvalue weighted by Gasteiger charge is 2.32. The fraction of sp³-hybridized carbons (Fsp3) is 0.281. The van der Waals surface area contributed by atoms with Gasteiger partial charge >= 0.3 is 5.97 Å². The van der Waals surface area contributed by atoms with Crippen molar-refractivity contribution in [3.63, 3.8) is 0 Å². The van der Waals surface area contributed by atoms with Gasteiger partial charge in [0.15, 0.2) is 23.0 Å². The van der Waals surface area contributed by atoms with E-state index in [1.807, 2.05) is 6.07 Å². The van der Waals surface area contributed by atoms with E-state index in [1.54, 1.807) is 32.4 Å². The zero-order valence-electron chi connectivity index (χ0n) is 22.8. The topological polar surface area (TPSA) is 109 Å². The van der Waals surface area contributed by atoms with Crippen molar-refractivity contribution in [3.05, 3.63) is 71.3 Å². The van der Waals surface area contributed by atoms with Crippen LogP contribution in [-0.2, 0) is 17.8 Å². The number of aromatic hydroxyl groups is 2. The summed E-state index contributed by atoms with van der Waals surface area (Å²) in [5.41, 5.74) is 3.49. The molecule has 0 saturated carbocycles. The molecule has 0 radical (unpaired) electrons. The minimum Gasteiger partial charge on any atom is -0.508 e. The Morgan fingerprint density at radius 3 is 2.25 bits per heavy atom. The molecule has 1 atom stereocenters. The van der Waals surface area contributed by atoms with Gasteiger partial charge in [0.1, 0.15) is 5.75 Å². The molecule has 8 heteroatoms. The lowest BCUT2D eigenvalue weighted by molar-refractivity contribution is -0.131. The Morgan fingerprint density at radius 1 is 0.850 bits per heavy atom. The molecule has 3 N–H and O–H groups in total. The maximum absolute atomic E-state index is 10.2. The fourth-order valence-corrected chi connectivity index (χ4v) is 5.85. The molecule has 0 bridgehead atoms. The number of nitrogens with zero attached hydrogens (tertiary/aromatic N) is 1. The summed E-state index contributed by atoms with van der Waals surface area (Å²) in [6, 6.07) is 15.1. The summed E-state index contributed by atoms with van der Waals surface area (Å²) in [6.45, 7) is 2.18. The van der Waals surface area contributed by atoms with E-state index >= 15 is 0 Å². The first-order valence-electron chi connectivity index (χ1n) is 13.2. The zero-order chi connectivity index (χ0) is 28.4. The van der Waals surface area contributed by atoms with E-state index in [-0.39, 0.29) is 5.75 Å². The van der Waals surface area contributed by atoms with E-state index in [9.17, 15) is 15.0 Å². The van der Waals surface area contributed by atoms with Crippen LogP contribution in [0.2, 0.25) is 0 Å². The monoisotopic (exact) mass is 543 g/mol. The number of hydrogen-bond donors (Lipinski definition) is 3. The Bertz CT molecular complexity index is 1610. The minimum absolute atomic E-state index is 0.0278. The molecule has 1 saturated heterocycles. The number of rotatable bonds is 5. The molecule has 0 aliphatic carbocycles. The molecule has 4 aromatic rings. The molecule has 2 aliphatic rings. The van der Waals surface area contributed by atoms with Crippen molar-refractivity contribution in [1.82, 2.24) is 4.90 Å². The predicted molar refractivity (Wildman–Crippen MR) is 155 cm³/mol. The molecule has 0 spiro atoms. The number of ether oxygens (including phenoxy) is 3. The Labute approximate surface area is 232 Å². The highest BCUT2D eigenvalue weighted by molar-refractivity contribution is 6.12. The summed E-state index contributed by atoms with van der Waals surface area (Å²) in [7, 11) is 4.78. The largest absolute Gasteiger partial charge is 0.508 e. The summed E-state index contributed by atoms with van der Waals surface area (Å²) in [5.74, 6) is 1.11. The SMILES string of the molecule is COc1cc(/C=C/C(=O)O)ccc1O.COc1cc2c3c(c4ccc(O)cc4c2cc1OC)CN1CCC[C@H]1C3. The zero-order valence-corrected chi connectivity index (χ0v) is 22.8. The van der Waals surface area contributed by atoms with Crippen molar-refractivity contribution in [1.29, 1.82) is 0 Å². The van der Waals surface area contributed by atoms with Gasteiger partial charge in [-0.25, -0.2) is 4.79 Å². The predicted octanol–water partition coefficient (Wildman–Crippen LogP) is 5.73. The Morgan fingerprint density at radius 2 is 1.55 bits per heavy atom. The van der Waals surface area contributed by atoms with Crippen LogP contribution in [0.3, 0.4) is 0 Å². The Kier molecular flexibility index (Phi) is 7.71. The van der Waals surface area contributed by atoms with Gasteiger partial charge in [0.05, 0.1) is 21.3 Å². The van der Waals surface area contributed by atoms with Crippen molar-refractivity contribution >= 4 is 33.6 Å². The molecule has 0 aromatic heterocycles. The van der Waals surface area contributed by atoms with Gasteiger partial charge in [-0.3, -0.25) is 4.90 Å². The lowest BCUT2D eigenvalue weighted by Crippen LogP contribution is -2.35. The molecule has 0 amide bonds. The summed E-state index contributed by atoms with van der Waals surface area (Å²) in [6.07, 6.45) is 6.09. The van der Waals surface area contributed by atoms with Crippen molar-refractivity contribution in [2.24, 2.45) is 0 Å². The van der Waals surface area contributed by atoms with Gasteiger partial charge < -0.3 is 29.5 Å². The van der Waals surface area contributed by atoms with Gasteiger partial charge in [0.25, 0.3) is 0 Å². The number of carboxylic acid groups (broad SMARTS) is 1. The number of benzene rings is 4. The van der Waals surface area contributed by atoms with Crippen molar-refractivity contribution in [3.8, 4) is 28.7 Å². The Balaban J connectivity index is 0.000000197. The molecular formula is C32H33NO7. The number of methoxy groups -OCH3 is 3. The molecule has 208 valence electrons. The van der Waals surface area contributed by atoms with Gasteiger partial charge in [-0.2, -0.15) is 0 Å².